The highest BCUT2D eigenvalue weighted by Crippen LogP contribution is 2.30. The first-order valence-electron chi connectivity index (χ1n) is 6.57. The molecule has 96 valence electrons. The number of hydrogen-bond acceptors (Lipinski definition) is 2. The number of rotatable bonds is 2. The van der Waals surface area contributed by atoms with Gasteiger partial charge < -0.3 is 5.11 Å². The largest absolute Gasteiger partial charge is 0.478 e. The molecule has 0 radical (unpaired) electrons. The molecular formula is C16H15NO2. The van der Waals surface area contributed by atoms with Crippen molar-refractivity contribution in [3.8, 4) is 0 Å². The van der Waals surface area contributed by atoms with Crippen molar-refractivity contribution in [3.05, 3.63) is 47.2 Å². The van der Waals surface area contributed by atoms with Crippen LogP contribution in [0.1, 0.15) is 29.7 Å². The van der Waals surface area contributed by atoms with Crippen LogP contribution in [0.15, 0.2) is 30.3 Å². The minimum absolute atomic E-state index is 0.912. The smallest absolute Gasteiger partial charge is 0.328 e. The average molecular weight is 253 g/mol. The zero-order valence-electron chi connectivity index (χ0n) is 10.6. The van der Waals surface area contributed by atoms with Crippen LogP contribution >= 0.6 is 0 Å². The van der Waals surface area contributed by atoms with Crippen LogP contribution in [0.25, 0.3) is 17.0 Å². The summed E-state index contributed by atoms with van der Waals surface area (Å²) in [6.45, 7) is 0. The summed E-state index contributed by atoms with van der Waals surface area (Å²) in [6, 6.07) is 7.94. The van der Waals surface area contributed by atoms with Crippen LogP contribution in [0.3, 0.4) is 0 Å². The summed E-state index contributed by atoms with van der Waals surface area (Å²) in [6.07, 6.45) is 7.25. The number of aryl methyl sites for hydroxylation is 1. The van der Waals surface area contributed by atoms with Gasteiger partial charge in [0, 0.05) is 17.2 Å². The number of fused-ring (bicyclic) bond motifs is 2. The van der Waals surface area contributed by atoms with Crippen molar-refractivity contribution in [2.45, 2.75) is 25.7 Å². The fraction of sp³-hybridized carbons (Fsp3) is 0.250. The van der Waals surface area contributed by atoms with E-state index in [-0.39, 0.29) is 0 Å². The number of carbonyl (C=O) groups is 1. The Balaban J connectivity index is 2.27. The Kier molecular flexibility index (Phi) is 3.03. The molecule has 0 aliphatic heterocycles. The molecule has 1 aromatic heterocycles. The lowest BCUT2D eigenvalue weighted by molar-refractivity contribution is -0.131. The van der Waals surface area contributed by atoms with E-state index in [1.165, 1.54) is 18.1 Å². The molecule has 1 heterocycles. The number of nitrogens with zero attached hydrogens (tertiary/aromatic N) is 1. The molecule has 0 atom stereocenters. The zero-order chi connectivity index (χ0) is 13.2. The second-order valence-corrected chi connectivity index (χ2v) is 4.85. The first kappa shape index (κ1) is 11.9. The Labute approximate surface area is 111 Å². The van der Waals surface area contributed by atoms with Gasteiger partial charge in [0.05, 0.1) is 5.52 Å². The maximum absolute atomic E-state index is 10.8. The van der Waals surface area contributed by atoms with Gasteiger partial charge in [-0.25, -0.2) is 4.79 Å². The second-order valence-electron chi connectivity index (χ2n) is 4.85. The lowest BCUT2D eigenvalue weighted by Crippen LogP contribution is -2.08. The first-order valence-corrected chi connectivity index (χ1v) is 6.57. The Morgan fingerprint density at radius 1 is 1.21 bits per heavy atom. The monoisotopic (exact) mass is 253 g/mol. The molecule has 0 saturated heterocycles. The lowest BCUT2D eigenvalue weighted by Gasteiger charge is -2.19. The fourth-order valence-electron chi connectivity index (χ4n) is 2.75. The summed E-state index contributed by atoms with van der Waals surface area (Å²) in [4.78, 5) is 15.5. The molecule has 2 aromatic rings. The van der Waals surface area contributed by atoms with Crippen LogP contribution in [0, 0.1) is 0 Å². The van der Waals surface area contributed by atoms with Gasteiger partial charge in [-0.2, -0.15) is 0 Å². The summed E-state index contributed by atoms with van der Waals surface area (Å²) < 4.78 is 0. The molecule has 0 fully saturated rings. The molecule has 1 aromatic carbocycles. The highest BCUT2D eigenvalue weighted by atomic mass is 16.4. The van der Waals surface area contributed by atoms with E-state index >= 15 is 0 Å². The molecule has 3 nitrogen and oxygen atoms in total. The van der Waals surface area contributed by atoms with Gasteiger partial charge in [-0.1, -0.05) is 18.2 Å². The third-order valence-corrected chi connectivity index (χ3v) is 3.61. The van der Waals surface area contributed by atoms with Crippen LogP contribution in [0.5, 0.6) is 0 Å². The highest BCUT2D eigenvalue weighted by molar-refractivity contribution is 5.94. The van der Waals surface area contributed by atoms with E-state index in [1.54, 1.807) is 6.08 Å². The van der Waals surface area contributed by atoms with Gasteiger partial charge >= 0.3 is 5.97 Å². The summed E-state index contributed by atoms with van der Waals surface area (Å²) in [5.41, 5.74) is 4.34. The van der Waals surface area contributed by atoms with Crippen molar-refractivity contribution in [3.63, 3.8) is 0 Å². The summed E-state index contributed by atoms with van der Waals surface area (Å²) >= 11 is 0. The minimum Gasteiger partial charge on any atom is -0.478 e. The van der Waals surface area contributed by atoms with Crippen LogP contribution < -0.4 is 0 Å². The summed E-state index contributed by atoms with van der Waals surface area (Å²) in [7, 11) is 0. The highest BCUT2D eigenvalue weighted by Gasteiger charge is 2.16. The van der Waals surface area contributed by atoms with Crippen molar-refractivity contribution in [2.75, 3.05) is 0 Å². The van der Waals surface area contributed by atoms with Crippen molar-refractivity contribution in [2.24, 2.45) is 0 Å². The van der Waals surface area contributed by atoms with Crippen molar-refractivity contribution in [1.82, 2.24) is 4.98 Å². The van der Waals surface area contributed by atoms with Gasteiger partial charge in [0.15, 0.2) is 0 Å². The van der Waals surface area contributed by atoms with E-state index in [1.807, 2.05) is 24.3 Å². The van der Waals surface area contributed by atoms with E-state index in [4.69, 9.17) is 10.1 Å². The van der Waals surface area contributed by atoms with Crippen LogP contribution in [-0.2, 0) is 17.6 Å². The van der Waals surface area contributed by atoms with E-state index in [0.29, 0.717) is 0 Å². The Morgan fingerprint density at radius 3 is 2.84 bits per heavy atom. The van der Waals surface area contributed by atoms with Crippen molar-refractivity contribution < 1.29 is 9.90 Å². The number of carboxylic acid groups (broad SMARTS) is 1. The van der Waals surface area contributed by atoms with E-state index in [9.17, 15) is 4.79 Å². The molecule has 3 heteroatoms. The Bertz CT molecular complexity index is 674. The molecule has 0 saturated carbocycles. The molecule has 3 rings (SSSR count). The average Bonchev–Trinajstić information content (AvgIpc) is 2.43. The topological polar surface area (TPSA) is 50.2 Å². The SMILES string of the molecule is O=C(O)/C=C/c1c2c(nc3ccccc13)CCCC2. The Hall–Kier alpha value is -2.16. The molecule has 0 unspecified atom stereocenters. The molecular weight excluding hydrogens is 238 g/mol. The number of benzene rings is 1. The molecule has 1 aliphatic rings. The third kappa shape index (κ3) is 2.24. The van der Waals surface area contributed by atoms with Gasteiger partial charge in [0.2, 0.25) is 0 Å². The number of aliphatic carboxylic acids is 1. The predicted molar refractivity (Wildman–Crippen MR) is 75.1 cm³/mol. The van der Waals surface area contributed by atoms with E-state index < -0.39 is 5.97 Å². The lowest BCUT2D eigenvalue weighted by atomic mass is 9.89. The van der Waals surface area contributed by atoms with Crippen molar-refractivity contribution >= 4 is 22.9 Å². The molecule has 1 N–H and O–H groups in total. The van der Waals surface area contributed by atoms with Crippen molar-refractivity contribution in [1.29, 1.82) is 0 Å². The van der Waals surface area contributed by atoms with E-state index in [2.05, 4.69) is 0 Å². The van der Waals surface area contributed by atoms with Crippen LogP contribution in [0.2, 0.25) is 0 Å². The maximum atomic E-state index is 10.8. The van der Waals surface area contributed by atoms with Gasteiger partial charge in [0.1, 0.15) is 0 Å². The maximum Gasteiger partial charge on any atom is 0.328 e. The van der Waals surface area contributed by atoms with Gasteiger partial charge in [-0.05, 0) is 49.0 Å². The number of pyridine rings is 1. The number of hydrogen-bond donors (Lipinski definition) is 1. The minimum atomic E-state index is -0.912. The van der Waals surface area contributed by atoms with Crippen LogP contribution in [-0.4, -0.2) is 16.1 Å². The zero-order valence-corrected chi connectivity index (χ0v) is 10.6. The third-order valence-electron chi connectivity index (χ3n) is 3.61. The predicted octanol–water partition coefficient (Wildman–Crippen LogP) is 3.21. The standard InChI is InChI=1S/C16H15NO2/c18-16(19)10-9-11-12-5-1-3-7-14(12)17-15-8-4-2-6-13(11)15/h1,3,5,7,9-10H,2,4,6,8H2,(H,18,19)/b10-9+. The van der Waals surface area contributed by atoms with E-state index in [0.717, 1.165) is 41.4 Å². The van der Waals surface area contributed by atoms with Gasteiger partial charge in [0.25, 0.3) is 0 Å². The number of carboxylic acids is 1. The van der Waals surface area contributed by atoms with Crippen LogP contribution in [0.4, 0.5) is 0 Å². The van der Waals surface area contributed by atoms with Gasteiger partial charge in [-0.15, -0.1) is 0 Å². The van der Waals surface area contributed by atoms with Gasteiger partial charge in [-0.3, -0.25) is 4.98 Å². The molecule has 0 bridgehead atoms. The fourth-order valence-corrected chi connectivity index (χ4v) is 2.75. The summed E-state index contributed by atoms with van der Waals surface area (Å²) in [5.74, 6) is -0.912. The quantitative estimate of drug-likeness (QED) is 0.836. The molecule has 19 heavy (non-hydrogen) atoms. The number of aromatic nitrogens is 1. The second kappa shape index (κ2) is 4.84. The normalized spacial score (nSPS) is 14.7. The first-order chi connectivity index (χ1) is 9.25. The Morgan fingerprint density at radius 2 is 2.00 bits per heavy atom. The molecule has 0 spiro atoms. The molecule has 0 amide bonds. The number of para-hydroxylation sites is 1. The summed E-state index contributed by atoms with van der Waals surface area (Å²) in [5, 5.41) is 9.89. The molecule has 1 aliphatic carbocycles.